The van der Waals surface area contributed by atoms with Gasteiger partial charge in [0.15, 0.2) is 5.69 Å². The summed E-state index contributed by atoms with van der Waals surface area (Å²) >= 11 is 0. The quantitative estimate of drug-likeness (QED) is 0.585. The molecule has 3 aromatic rings. The van der Waals surface area contributed by atoms with Gasteiger partial charge in [0.25, 0.3) is 11.8 Å². The predicted molar refractivity (Wildman–Crippen MR) is 129 cm³/mol. The number of ether oxygens (including phenoxy) is 1. The number of methoxy groups -OCH3 is 1. The van der Waals surface area contributed by atoms with Crippen LogP contribution in [-0.4, -0.2) is 53.2 Å². The Morgan fingerprint density at radius 1 is 1.17 bits per heavy atom. The number of hydrogen-bond donors (Lipinski definition) is 1. The van der Waals surface area contributed by atoms with Crippen LogP contribution in [0.25, 0.3) is 0 Å². The fourth-order valence-electron chi connectivity index (χ4n) is 5.70. The molecule has 1 N–H and O–H groups in total. The van der Waals surface area contributed by atoms with Crippen molar-refractivity contribution in [2.24, 2.45) is 0 Å². The van der Waals surface area contributed by atoms with E-state index in [1.54, 1.807) is 37.7 Å². The zero-order chi connectivity index (χ0) is 24.4. The minimum atomic E-state index is -0.296. The van der Waals surface area contributed by atoms with Crippen LogP contribution in [0.3, 0.4) is 0 Å². The number of piperidine rings is 1. The van der Waals surface area contributed by atoms with Gasteiger partial charge < -0.3 is 19.5 Å². The molecule has 0 saturated carbocycles. The molecule has 8 heteroatoms. The summed E-state index contributed by atoms with van der Waals surface area (Å²) in [5.74, 6) is 0.475. The third-order valence-electron chi connectivity index (χ3n) is 7.38. The number of likely N-dealkylation sites (tertiary alicyclic amines) is 1. The Labute approximate surface area is 204 Å². The highest BCUT2D eigenvalue weighted by atomic mass is 16.5. The van der Waals surface area contributed by atoms with Crippen molar-refractivity contribution in [1.29, 1.82) is 0 Å². The predicted octanol–water partition coefficient (Wildman–Crippen LogP) is 3.70. The number of aryl methyl sites for hydroxylation is 1. The summed E-state index contributed by atoms with van der Waals surface area (Å²) in [4.78, 5) is 32.0. The Kier molecular flexibility index (Phi) is 6.38. The van der Waals surface area contributed by atoms with E-state index in [9.17, 15) is 9.59 Å². The van der Waals surface area contributed by atoms with Gasteiger partial charge in [-0.15, -0.1) is 0 Å². The van der Waals surface area contributed by atoms with Crippen molar-refractivity contribution in [3.63, 3.8) is 0 Å². The lowest BCUT2D eigenvalue weighted by molar-refractivity contribution is -0.00941. The van der Waals surface area contributed by atoms with Crippen LogP contribution in [0, 0.1) is 0 Å². The first-order valence-electron chi connectivity index (χ1n) is 12.2. The fourth-order valence-corrected chi connectivity index (χ4v) is 5.70. The highest BCUT2D eigenvalue weighted by Gasteiger charge is 2.54. The second-order valence-electron chi connectivity index (χ2n) is 9.31. The molecule has 35 heavy (non-hydrogen) atoms. The average molecular weight is 475 g/mol. The SMILES string of the molecule is CCCc1cc(C(=O)N2CCC3(CC2)c2ccccc2[C@H](NC(=O)c2ccncc2)[C@H]3OC)no1. The number of pyridine rings is 1. The number of carbonyl (C=O) groups excluding carboxylic acids is 2. The van der Waals surface area contributed by atoms with Crippen molar-refractivity contribution < 1.29 is 18.8 Å². The van der Waals surface area contributed by atoms with Crippen LogP contribution in [0.15, 0.2) is 59.4 Å². The van der Waals surface area contributed by atoms with Gasteiger partial charge in [0.2, 0.25) is 0 Å². The maximum atomic E-state index is 13.1. The zero-order valence-electron chi connectivity index (χ0n) is 20.1. The number of aromatic nitrogens is 2. The monoisotopic (exact) mass is 474 g/mol. The Morgan fingerprint density at radius 3 is 2.63 bits per heavy atom. The smallest absolute Gasteiger partial charge is 0.276 e. The molecule has 1 aliphatic heterocycles. The molecule has 0 bridgehead atoms. The molecule has 2 aliphatic rings. The largest absolute Gasteiger partial charge is 0.378 e. The van der Waals surface area contributed by atoms with Crippen LogP contribution in [0.4, 0.5) is 0 Å². The molecular formula is C27H30N4O4. The molecule has 1 fully saturated rings. The molecular weight excluding hydrogens is 444 g/mol. The molecule has 8 nitrogen and oxygen atoms in total. The van der Waals surface area contributed by atoms with Crippen molar-refractivity contribution in [1.82, 2.24) is 20.4 Å². The number of carbonyl (C=O) groups is 2. The Morgan fingerprint density at radius 2 is 1.91 bits per heavy atom. The van der Waals surface area contributed by atoms with Gasteiger partial charge in [-0.1, -0.05) is 36.3 Å². The molecule has 0 radical (unpaired) electrons. The standard InChI is InChI=1S/C27H30N4O4/c1-3-6-19-17-22(30-35-19)26(33)31-15-11-27(12-16-31)21-8-5-4-7-20(21)23(24(27)34-2)29-25(32)18-9-13-28-14-10-18/h4-5,7-10,13-14,17,23-24H,3,6,11-12,15-16H2,1-2H3,(H,29,32)/t23-,24+/m0/s1. The van der Waals surface area contributed by atoms with Crippen LogP contribution >= 0.6 is 0 Å². The molecule has 3 heterocycles. The van der Waals surface area contributed by atoms with Crippen LogP contribution in [0.2, 0.25) is 0 Å². The molecule has 2 amide bonds. The first kappa shape index (κ1) is 23.2. The first-order chi connectivity index (χ1) is 17.1. The third-order valence-corrected chi connectivity index (χ3v) is 7.38. The van der Waals surface area contributed by atoms with Crippen molar-refractivity contribution >= 4 is 11.8 Å². The third kappa shape index (κ3) is 4.12. The highest BCUT2D eigenvalue weighted by Crippen LogP contribution is 2.52. The molecule has 1 aliphatic carbocycles. The van der Waals surface area contributed by atoms with Gasteiger partial charge in [0, 0.05) is 56.1 Å². The minimum absolute atomic E-state index is 0.103. The average Bonchev–Trinajstić information content (AvgIpc) is 3.46. The second-order valence-corrected chi connectivity index (χ2v) is 9.31. The van der Waals surface area contributed by atoms with E-state index >= 15 is 0 Å². The highest BCUT2D eigenvalue weighted by molar-refractivity contribution is 5.94. The van der Waals surface area contributed by atoms with E-state index in [4.69, 9.17) is 9.26 Å². The number of hydrogen-bond acceptors (Lipinski definition) is 6. The van der Waals surface area contributed by atoms with E-state index in [2.05, 4.69) is 34.5 Å². The minimum Gasteiger partial charge on any atom is -0.378 e. The normalized spacial score (nSPS) is 20.6. The number of nitrogens with zero attached hydrogens (tertiary/aromatic N) is 3. The molecule has 2 atom stereocenters. The maximum absolute atomic E-state index is 13.1. The van der Waals surface area contributed by atoms with Crippen molar-refractivity contribution in [3.05, 3.63) is 83.0 Å². The van der Waals surface area contributed by atoms with Crippen LogP contribution in [-0.2, 0) is 16.6 Å². The van der Waals surface area contributed by atoms with Gasteiger partial charge in [-0.05, 0) is 42.5 Å². The number of amides is 2. The summed E-state index contributed by atoms with van der Waals surface area (Å²) in [5, 5.41) is 7.20. The Hall–Kier alpha value is -3.52. The van der Waals surface area contributed by atoms with Crippen LogP contribution < -0.4 is 5.32 Å². The van der Waals surface area contributed by atoms with E-state index in [-0.39, 0.29) is 29.4 Å². The van der Waals surface area contributed by atoms with E-state index in [1.165, 1.54) is 5.56 Å². The van der Waals surface area contributed by atoms with E-state index < -0.39 is 0 Å². The van der Waals surface area contributed by atoms with Crippen LogP contribution in [0.1, 0.15) is 70.0 Å². The van der Waals surface area contributed by atoms with Crippen LogP contribution in [0.5, 0.6) is 0 Å². The molecule has 0 unspecified atom stereocenters. The molecule has 5 rings (SSSR count). The van der Waals surface area contributed by atoms with Gasteiger partial charge in [0.05, 0.1) is 12.1 Å². The molecule has 182 valence electrons. The van der Waals surface area contributed by atoms with Crippen molar-refractivity contribution in [2.75, 3.05) is 20.2 Å². The van der Waals surface area contributed by atoms with Gasteiger partial charge in [-0.25, -0.2) is 0 Å². The lowest BCUT2D eigenvalue weighted by Crippen LogP contribution is -2.51. The molecule has 1 spiro atoms. The van der Waals surface area contributed by atoms with E-state index in [1.807, 2.05) is 17.0 Å². The topological polar surface area (TPSA) is 97.6 Å². The van der Waals surface area contributed by atoms with E-state index in [0.29, 0.717) is 24.3 Å². The summed E-state index contributed by atoms with van der Waals surface area (Å²) in [5.41, 5.74) is 2.88. The number of fused-ring (bicyclic) bond motifs is 2. The Bertz CT molecular complexity index is 1200. The number of benzene rings is 1. The summed E-state index contributed by atoms with van der Waals surface area (Å²) in [6, 6.07) is 13.1. The first-order valence-corrected chi connectivity index (χ1v) is 12.2. The molecule has 1 aromatic carbocycles. The van der Waals surface area contributed by atoms with Crippen molar-refractivity contribution in [3.8, 4) is 0 Å². The Balaban J connectivity index is 1.37. The second kappa shape index (κ2) is 9.62. The summed E-state index contributed by atoms with van der Waals surface area (Å²) in [6.07, 6.45) is 6.14. The summed E-state index contributed by atoms with van der Waals surface area (Å²) < 4.78 is 11.4. The fraction of sp³-hybridized carbons (Fsp3) is 0.407. The molecule has 1 saturated heterocycles. The van der Waals surface area contributed by atoms with Crippen molar-refractivity contribution in [2.45, 2.75) is 50.2 Å². The maximum Gasteiger partial charge on any atom is 0.276 e. The zero-order valence-corrected chi connectivity index (χ0v) is 20.1. The molecule has 2 aromatic heterocycles. The van der Waals surface area contributed by atoms with Gasteiger partial charge in [-0.3, -0.25) is 14.6 Å². The summed E-state index contributed by atoms with van der Waals surface area (Å²) in [7, 11) is 1.70. The van der Waals surface area contributed by atoms with Gasteiger partial charge >= 0.3 is 0 Å². The summed E-state index contributed by atoms with van der Waals surface area (Å²) in [6.45, 7) is 3.22. The number of rotatable bonds is 6. The van der Waals surface area contributed by atoms with E-state index in [0.717, 1.165) is 37.0 Å². The van der Waals surface area contributed by atoms with Gasteiger partial charge in [0.1, 0.15) is 5.76 Å². The lowest BCUT2D eigenvalue weighted by atomic mass is 9.71. The number of nitrogens with one attached hydrogen (secondary N) is 1. The van der Waals surface area contributed by atoms with Gasteiger partial charge in [-0.2, -0.15) is 0 Å². The lowest BCUT2D eigenvalue weighted by Gasteiger charge is -2.43.